The quantitative estimate of drug-likeness (QED) is 0.729. The van der Waals surface area contributed by atoms with Gasteiger partial charge in [-0.2, -0.15) is 5.10 Å². The van der Waals surface area contributed by atoms with Crippen LogP contribution in [0.5, 0.6) is 0 Å². The van der Waals surface area contributed by atoms with Gasteiger partial charge in [-0.15, -0.1) is 0 Å². The molecule has 0 saturated carbocycles. The minimum Gasteiger partial charge on any atom is -0.272 e. The zero-order chi connectivity index (χ0) is 9.68. The summed E-state index contributed by atoms with van der Waals surface area (Å²) in [7, 11) is 0. The summed E-state index contributed by atoms with van der Waals surface area (Å²) in [6.07, 6.45) is 6.40. The monoisotopic (exact) mass is 244 g/mol. The number of hydrogen-bond donors (Lipinski definition) is 0. The second-order valence-corrected chi connectivity index (χ2v) is 4.22. The molecule has 0 aliphatic carbocycles. The Morgan fingerprint density at radius 3 is 3.00 bits per heavy atom. The van der Waals surface area contributed by atoms with Gasteiger partial charge in [0.05, 0.1) is 6.20 Å². The molecule has 0 aliphatic heterocycles. The highest BCUT2D eigenvalue weighted by molar-refractivity contribution is 9.09. The molecule has 0 N–H and O–H groups in total. The lowest BCUT2D eigenvalue weighted by atomic mass is 10.1. The molecule has 0 radical (unpaired) electrons. The maximum Gasteiger partial charge on any atom is 0.0521 e. The molecule has 0 bridgehead atoms. The maximum absolute atomic E-state index is 4.29. The number of nitrogens with zero attached hydrogens (tertiary/aromatic N) is 2. The molecular weight excluding hydrogens is 228 g/mol. The molecular formula is C10H17BrN2. The molecule has 0 spiro atoms. The molecule has 1 heterocycles. The summed E-state index contributed by atoms with van der Waals surface area (Å²) in [5, 5.41) is 5.36. The second kappa shape index (κ2) is 5.43. The van der Waals surface area contributed by atoms with E-state index in [2.05, 4.69) is 41.1 Å². The van der Waals surface area contributed by atoms with Gasteiger partial charge in [0.25, 0.3) is 0 Å². The lowest BCUT2D eigenvalue weighted by molar-refractivity contribution is 0.600. The van der Waals surface area contributed by atoms with Gasteiger partial charge in [0, 0.05) is 18.1 Å². The van der Waals surface area contributed by atoms with E-state index >= 15 is 0 Å². The van der Waals surface area contributed by atoms with Crippen molar-refractivity contribution in [1.82, 2.24) is 9.78 Å². The minimum absolute atomic E-state index is 0.694. The third-order valence-corrected chi connectivity index (χ3v) is 3.09. The summed E-state index contributed by atoms with van der Waals surface area (Å²) < 4.78 is 2.02. The van der Waals surface area contributed by atoms with Crippen LogP contribution in [0.3, 0.4) is 0 Å². The molecule has 0 aliphatic rings. The molecule has 0 saturated heterocycles. The Morgan fingerprint density at radius 1 is 1.62 bits per heavy atom. The molecule has 1 atom stereocenters. The maximum atomic E-state index is 4.29. The number of hydrogen-bond acceptors (Lipinski definition) is 1. The normalized spacial score (nSPS) is 13.2. The molecule has 2 nitrogen and oxygen atoms in total. The lowest BCUT2D eigenvalue weighted by Crippen LogP contribution is -2.00. The topological polar surface area (TPSA) is 17.8 Å². The molecule has 1 aromatic rings. The summed E-state index contributed by atoms with van der Waals surface area (Å²) in [6, 6.07) is 0. The Bertz CT molecular complexity index is 245. The van der Waals surface area contributed by atoms with Gasteiger partial charge in [0.15, 0.2) is 0 Å². The van der Waals surface area contributed by atoms with Crippen LogP contribution in [0.2, 0.25) is 0 Å². The standard InChI is InChI=1S/C10H17BrN2/c1-3-4-13-8-10(7-12-13)5-9(2)6-11/h7-9H,3-6H2,1-2H3. The smallest absolute Gasteiger partial charge is 0.0521 e. The summed E-state index contributed by atoms with van der Waals surface area (Å²) in [4.78, 5) is 0. The molecule has 13 heavy (non-hydrogen) atoms. The van der Waals surface area contributed by atoms with Gasteiger partial charge >= 0.3 is 0 Å². The van der Waals surface area contributed by atoms with Crippen molar-refractivity contribution in [2.45, 2.75) is 33.2 Å². The van der Waals surface area contributed by atoms with Crippen molar-refractivity contribution in [2.75, 3.05) is 5.33 Å². The molecule has 1 rings (SSSR count). The van der Waals surface area contributed by atoms with Crippen LogP contribution in [0.4, 0.5) is 0 Å². The zero-order valence-electron chi connectivity index (χ0n) is 8.33. The molecule has 3 heteroatoms. The van der Waals surface area contributed by atoms with Crippen molar-refractivity contribution < 1.29 is 0 Å². The van der Waals surface area contributed by atoms with Crippen LogP contribution in [0, 0.1) is 5.92 Å². The highest BCUT2D eigenvalue weighted by Gasteiger charge is 2.03. The SMILES string of the molecule is CCCn1cc(CC(C)CBr)cn1. The van der Waals surface area contributed by atoms with Crippen molar-refractivity contribution in [3.05, 3.63) is 18.0 Å². The third-order valence-electron chi connectivity index (χ3n) is 1.99. The summed E-state index contributed by atoms with van der Waals surface area (Å²) in [5.74, 6) is 0.694. The summed E-state index contributed by atoms with van der Waals surface area (Å²) in [5.41, 5.74) is 1.35. The largest absolute Gasteiger partial charge is 0.272 e. The van der Waals surface area contributed by atoms with E-state index < -0.39 is 0 Å². The van der Waals surface area contributed by atoms with E-state index in [0.717, 1.165) is 24.7 Å². The first-order chi connectivity index (χ1) is 6.26. The van der Waals surface area contributed by atoms with Crippen molar-refractivity contribution in [1.29, 1.82) is 0 Å². The molecule has 0 aromatic carbocycles. The number of halogens is 1. The summed E-state index contributed by atoms with van der Waals surface area (Å²) >= 11 is 3.48. The van der Waals surface area contributed by atoms with Crippen LogP contribution in [0.15, 0.2) is 12.4 Å². The average molecular weight is 245 g/mol. The molecule has 0 amide bonds. The highest BCUT2D eigenvalue weighted by Crippen LogP contribution is 2.09. The average Bonchev–Trinajstić information content (AvgIpc) is 2.53. The van der Waals surface area contributed by atoms with Gasteiger partial charge in [0.2, 0.25) is 0 Å². The van der Waals surface area contributed by atoms with E-state index in [1.165, 1.54) is 5.56 Å². The van der Waals surface area contributed by atoms with Gasteiger partial charge < -0.3 is 0 Å². The van der Waals surface area contributed by atoms with Crippen molar-refractivity contribution in [3.8, 4) is 0 Å². The van der Waals surface area contributed by atoms with E-state index in [1.54, 1.807) is 0 Å². The van der Waals surface area contributed by atoms with Crippen LogP contribution in [0.25, 0.3) is 0 Å². The number of rotatable bonds is 5. The number of aromatic nitrogens is 2. The molecule has 1 unspecified atom stereocenters. The van der Waals surface area contributed by atoms with Crippen molar-refractivity contribution in [2.24, 2.45) is 5.92 Å². The molecule has 74 valence electrons. The van der Waals surface area contributed by atoms with Gasteiger partial charge in [-0.3, -0.25) is 4.68 Å². The summed E-state index contributed by atoms with van der Waals surface area (Å²) in [6.45, 7) is 5.44. The van der Waals surface area contributed by atoms with Crippen molar-refractivity contribution in [3.63, 3.8) is 0 Å². The first-order valence-corrected chi connectivity index (χ1v) is 5.95. The fourth-order valence-corrected chi connectivity index (χ4v) is 1.55. The van der Waals surface area contributed by atoms with Crippen LogP contribution >= 0.6 is 15.9 Å². The van der Waals surface area contributed by atoms with Crippen LogP contribution in [-0.4, -0.2) is 15.1 Å². The van der Waals surface area contributed by atoms with E-state index in [9.17, 15) is 0 Å². The fraction of sp³-hybridized carbons (Fsp3) is 0.700. The van der Waals surface area contributed by atoms with E-state index in [1.807, 2.05) is 10.9 Å². The Kier molecular flexibility index (Phi) is 4.50. The number of alkyl halides is 1. The van der Waals surface area contributed by atoms with Gasteiger partial charge in [-0.05, 0) is 24.3 Å². The fourth-order valence-electron chi connectivity index (χ4n) is 1.32. The first-order valence-electron chi connectivity index (χ1n) is 4.83. The lowest BCUT2D eigenvalue weighted by Gasteiger charge is -2.03. The van der Waals surface area contributed by atoms with Gasteiger partial charge in [0.1, 0.15) is 0 Å². The van der Waals surface area contributed by atoms with Crippen LogP contribution < -0.4 is 0 Å². The second-order valence-electron chi connectivity index (χ2n) is 3.58. The predicted molar refractivity (Wildman–Crippen MR) is 59.2 cm³/mol. The van der Waals surface area contributed by atoms with Crippen LogP contribution in [0.1, 0.15) is 25.8 Å². The Balaban J connectivity index is 2.48. The van der Waals surface area contributed by atoms with Crippen molar-refractivity contribution >= 4 is 15.9 Å². The van der Waals surface area contributed by atoms with Gasteiger partial charge in [-0.25, -0.2) is 0 Å². The molecule has 1 aromatic heterocycles. The molecule has 0 fully saturated rings. The van der Waals surface area contributed by atoms with E-state index in [4.69, 9.17) is 0 Å². The van der Waals surface area contributed by atoms with Gasteiger partial charge in [-0.1, -0.05) is 29.8 Å². The predicted octanol–water partition coefficient (Wildman–Crippen LogP) is 2.87. The zero-order valence-corrected chi connectivity index (χ0v) is 9.92. The Hall–Kier alpha value is -0.310. The Morgan fingerprint density at radius 2 is 2.38 bits per heavy atom. The van der Waals surface area contributed by atoms with E-state index in [0.29, 0.717) is 5.92 Å². The number of aryl methyl sites for hydroxylation is 1. The van der Waals surface area contributed by atoms with E-state index in [-0.39, 0.29) is 0 Å². The Labute approximate surface area is 88.5 Å². The first kappa shape index (κ1) is 10.8. The minimum atomic E-state index is 0.694. The highest BCUT2D eigenvalue weighted by atomic mass is 79.9. The van der Waals surface area contributed by atoms with Crippen LogP contribution in [-0.2, 0) is 13.0 Å². The third kappa shape index (κ3) is 3.51.